The van der Waals surface area contributed by atoms with E-state index in [0.29, 0.717) is 43.5 Å². The highest BCUT2D eigenvalue weighted by molar-refractivity contribution is 6.01. The Morgan fingerprint density at radius 1 is 0.900 bits per heavy atom. The Morgan fingerprint density at radius 3 is 2.23 bits per heavy atom. The first-order valence-corrected chi connectivity index (χ1v) is 23.1. The number of pyridine rings is 1. The number of carboxylic acid groups (broad SMARTS) is 1. The van der Waals surface area contributed by atoms with Crippen LogP contribution in [0.3, 0.4) is 0 Å². The Morgan fingerprint density at radius 2 is 1.60 bits per heavy atom. The van der Waals surface area contributed by atoms with Crippen molar-refractivity contribution in [3.63, 3.8) is 0 Å². The lowest BCUT2D eigenvalue weighted by atomic mass is 9.33. The number of carboxylic acids is 1. The summed E-state index contributed by atoms with van der Waals surface area (Å²) in [6, 6.07) is 5.41. The van der Waals surface area contributed by atoms with Crippen LogP contribution in [0.4, 0.5) is 0 Å². The standard InChI is InChI=1S/C50H75N3O7/c1-28(2)39-34(54)25-50(37(55)26-51-27-44(4,5)53-41(56)33-15-13-14-29(3)52-33)23-22-48(11)30(40(39)50)16-17-36-47(10)20-19-38(46(8,9)35(47)18-21-49(36,48)12)60-43(59)32-24-31(42(57)58)45(32,6)7/h13-15,28,30-32,35-38,51,55H,16-27H2,1-12H3,(H,53,56)(H,57,58)/t30-,31+,32-,35+,36-,37+,38+,47+,48-,49-,50+/m1/s1. The van der Waals surface area contributed by atoms with Crippen molar-refractivity contribution in [2.75, 3.05) is 13.1 Å². The van der Waals surface area contributed by atoms with Gasteiger partial charge in [0.25, 0.3) is 5.91 Å². The lowest BCUT2D eigenvalue weighted by Gasteiger charge is -2.72. The maximum atomic E-state index is 14.2. The minimum atomic E-state index is -0.838. The summed E-state index contributed by atoms with van der Waals surface area (Å²) in [7, 11) is 0. The fourth-order valence-corrected chi connectivity index (χ4v) is 15.0. The van der Waals surface area contributed by atoms with Crippen LogP contribution in [0.2, 0.25) is 0 Å². The molecule has 1 amide bonds. The van der Waals surface area contributed by atoms with Crippen LogP contribution in [0, 0.1) is 74.9 Å². The maximum absolute atomic E-state index is 14.2. The fraction of sp³-hybridized carbons (Fsp3) is 0.780. The van der Waals surface area contributed by atoms with Crippen molar-refractivity contribution in [3.8, 4) is 0 Å². The minimum absolute atomic E-state index is 0.0209. The number of allylic oxidation sites excluding steroid dienone is 1. The second-order valence-corrected chi connectivity index (χ2v) is 23.3. The molecule has 0 radical (unpaired) electrons. The van der Waals surface area contributed by atoms with Gasteiger partial charge >= 0.3 is 11.9 Å². The second kappa shape index (κ2) is 15.0. The molecule has 0 unspecified atom stereocenters. The van der Waals surface area contributed by atoms with Crippen LogP contribution < -0.4 is 10.6 Å². The molecule has 0 saturated heterocycles. The van der Waals surface area contributed by atoms with Crippen LogP contribution in [0.5, 0.6) is 0 Å². The number of carbonyl (C=O) groups excluding carboxylic acids is 3. The highest BCUT2D eigenvalue weighted by atomic mass is 16.5. The molecular formula is C50H75N3O7. The zero-order chi connectivity index (χ0) is 44.2. The number of Topliss-reactive ketones (excluding diaryl/α,β-unsaturated/α-hetero) is 1. The number of aliphatic hydroxyl groups excluding tert-OH is 1. The summed E-state index contributed by atoms with van der Waals surface area (Å²) < 4.78 is 6.43. The zero-order valence-electron chi connectivity index (χ0n) is 38.7. The van der Waals surface area contributed by atoms with Gasteiger partial charge in [0.2, 0.25) is 0 Å². The number of ether oxygens (including phenoxy) is 1. The van der Waals surface area contributed by atoms with Crippen molar-refractivity contribution in [1.82, 2.24) is 15.6 Å². The van der Waals surface area contributed by atoms with Crippen molar-refractivity contribution in [1.29, 1.82) is 0 Å². The van der Waals surface area contributed by atoms with Gasteiger partial charge in [-0.15, -0.1) is 0 Å². The van der Waals surface area contributed by atoms with Gasteiger partial charge in [-0.1, -0.05) is 74.0 Å². The number of nitrogens with one attached hydrogen (secondary N) is 2. The smallest absolute Gasteiger partial charge is 0.309 e. The van der Waals surface area contributed by atoms with Gasteiger partial charge in [-0.05, 0) is 142 Å². The molecule has 1 aromatic heterocycles. The van der Waals surface area contributed by atoms with Gasteiger partial charge in [0, 0.05) is 41.6 Å². The topological polar surface area (TPSA) is 155 Å². The largest absolute Gasteiger partial charge is 0.481 e. The Bertz CT molecular complexity index is 1950. The van der Waals surface area contributed by atoms with E-state index in [9.17, 15) is 29.4 Å². The number of hydrogen-bond donors (Lipinski definition) is 4. The van der Waals surface area contributed by atoms with Crippen molar-refractivity contribution >= 4 is 23.6 Å². The first kappa shape index (κ1) is 44.9. The average Bonchev–Trinajstić information content (AvgIpc) is 3.45. The van der Waals surface area contributed by atoms with Crippen LogP contribution in [-0.2, 0) is 19.1 Å². The quantitative estimate of drug-likeness (QED) is 0.161. The van der Waals surface area contributed by atoms with E-state index < -0.39 is 40.3 Å². The van der Waals surface area contributed by atoms with Crippen LogP contribution in [0.15, 0.2) is 29.3 Å². The average molecular weight is 830 g/mol. The number of rotatable bonds is 11. The van der Waals surface area contributed by atoms with Crippen LogP contribution in [-0.4, -0.2) is 69.7 Å². The molecule has 0 aromatic carbocycles. The first-order valence-electron chi connectivity index (χ1n) is 23.1. The monoisotopic (exact) mass is 830 g/mol. The summed E-state index contributed by atoms with van der Waals surface area (Å²) in [6.45, 7) is 26.8. The number of amides is 1. The number of nitrogens with zero attached hydrogens (tertiary/aromatic N) is 1. The zero-order valence-corrected chi connectivity index (χ0v) is 38.7. The molecule has 7 rings (SSSR count). The molecule has 5 fully saturated rings. The number of ketones is 1. The molecule has 5 saturated carbocycles. The van der Waals surface area contributed by atoms with E-state index in [1.807, 2.05) is 46.8 Å². The molecule has 1 aromatic rings. The molecule has 0 bridgehead atoms. The van der Waals surface area contributed by atoms with Gasteiger partial charge < -0.3 is 25.6 Å². The second-order valence-electron chi connectivity index (χ2n) is 23.3. The molecule has 60 heavy (non-hydrogen) atoms. The van der Waals surface area contributed by atoms with Crippen LogP contribution in [0.25, 0.3) is 0 Å². The van der Waals surface area contributed by atoms with Gasteiger partial charge in [0.15, 0.2) is 5.78 Å². The molecule has 0 spiro atoms. The molecule has 6 aliphatic rings. The molecule has 10 heteroatoms. The van der Waals surface area contributed by atoms with E-state index >= 15 is 0 Å². The highest BCUT2D eigenvalue weighted by Gasteiger charge is 2.71. The Hall–Kier alpha value is -3.11. The molecule has 10 nitrogen and oxygen atoms in total. The summed E-state index contributed by atoms with van der Waals surface area (Å²) in [5, 5.41) is 28.7. The number of esters is 1. The van der Waals surface area contributed by atoms with E-state index in [4.69, 9.17) is 4.74 Å². The summed E-state index contributed by atoms with van der Waals surface area (Å²) in [5.41, 5.74) is 1.31. The van der Waals surface area contributed by atoms with E-state index in [1.165, 1.54) is 5.57 Å². The summed E-state index contributed by atoms with van der Waals surface area (Å²) >= 11 is 0. The summed E-state index contributed by atoms with van der Waals surface area (Å²) in [5.74, 6) is -0.918. The lowest BCUT2D eigenvalue weighted by molar-refractivity contribution is -0.238. The fourth-order valence-electron chi connectivity index (χ4n) is 15.0. The maximum Gasteiger partial charge on any atom is 0.309 e. The van der Waals surface area contributed by atoms with Crippen LogP contribution >= 0.6 is 0 Å². The minimum Gasteiger partial charge on any atom is -0.481 e. The SMILES string of the molecule is Cc1cccc(C(=O)NC(C)(C)CNC[C@H](O)[C@@]23CC[C@]4(C)[C@H](CC[C@@H]5[C@@]6(C)CC[C@H](OC(=O)[C@H]7C[C@@H](C(=O)O)C7(C)C)C(C)(C)[C@@H]6CC[C@]54C)C2=C(C(C)C)C(=O)C3)n1. The molecule has 11 atom stereocenters. The molecule has 0 aliphatic heterocycles. The molecule has 4 N–H and O–H groups in total. The Labute approximate surface area is 359 Å². The predicted molar refractivity (Wildman–Crippen MR) is 232 cm³/mol. The Balaban J connectivity index is 1.09. The van der Waals surface area contributed by atoms with Crippen molar-refractivity contribution in [3.05, 3.63) is 40.7 Å². The van der Waals surface area contributed by atoms with Crippen molar-refractivity contribution < 1.29 is 34.1 Å². The third-order valence-corrected chi connectivity index (χ3v) is 18.6. The highest BCUT2D eigenvalue weighted by Crippen LogP contribution is 2.77. The number of hydrogen-bond acceptors (Lipinski definition) is 8. The third-order valence-electron chi connectivity index (χ3n) is 18.6. The van der Waals surface area contributed by atoms with Gasteiger partial charge in [-0.2, -0.15) is 0 Å². The van der Waals surface area contributed by atoms with Gasteiger partial charge in [0.1, 0.15) is 11.8 Å². The van der Waals surface area contributed by atoms with Crippen molar-refractivity contribution in [2.24, 2.45) is 68.0 Å². The molecule has 6 aliphatic carbocycles. The number of aliphatic hydroxyl groups is 1. The number of aryl methyl sites for hydroxylation is 1. The Kier molecular flexibility index (Phi) is 11.2. The number of aliphatic carboxylic acids is 1. The number of carbonyl (C=O) groups is 4. The van der Waals surface area contributed by atoms with E-state index in [1.54, 1.807) is 6.07 Å². The molecular weight excluding hydrogens is 755 g/mol. The summed E-state index contributed by atoms with van der Waals surface area (Å²) in [4.78, 5) is 57.1. The predicted octanol–water partition coefficient (Wildman–Crippen LogP) is 8.49. The molecule has 1 heterocycles. The lowest BCUT2D eigenvalue weighted by Crippen LogP contribution is -2.66. The van der Waals surface area contributed by atoms with E-state index in [-0.39, 0.29) is 57.3 Å². The van der Waals surface area contributed by atoms with E-state index in [2.05, 4.69) is 64.1 Å². The van der Waals surface area contributed by atoms with Gasteiger partial charge in [0.05, 0.1) is 17.9 Å². The van der Waals surface area contributed by atoms with Gasteiger partial charge in [-0.3, -0.25) is 19.2 Å². The third kappa shape index (κ3) is 6.82. The van der Waals surface area contributed by atoms with Crippen molar-refractivity contribution in [2.45, 2.75) is 165 Å². The molecule has 332 valence electrons. The number of fused-ring (bicyclic) bond motifs is 7. The summed E-state index contributed by atoms with van der Waals surface area (Å²) in [6.07, 6.45) is 7.41. The first-order chi connectivity index (χ1) is 27.8. The number of aromatic nitrogens is 1. The van der Waals surface area contributed by atoms with Crippen LogP contribution in [0.1, 0.15) is 157 Å². The van der Waals surface area contributed by atoms with E-state index in [0.717, 1.165) is 62.6 Å². The normalized spacial score (nSPS) is 38.5. The van der Waals surface area contributed by atoms with Gasteiger partial charge in [-0.25, -0.2) is 4.98 Å².